The molecule has 0 bridgehead atoms. The zero-order valence-corrected chi connectivity index (χ0v) is 9.09. The van der Waals surface area contributed by atoms with Crippen molar-refractivity contribution < 1.29 is 10.0 Å². The molecule has 0 saturated carbocycles. The van der Waals surface area contributed by atoms with E-state index in [2.05, 4.69) is 4.98 Å². The van der Waals surface area contributed by atoms with E-state index in [9.17, 15) is 0 Å². The highest BCUT2D eigenvalue weighted by molar-refractivity contribution is 6.59. The Hall–Kier alpha value is -1.36. The second kappa shape index (κ2) is 4.66. The molecule has 0 aliphatic heterocycles. The molecular formula is C11H9BClNO2. The largest absolute Gasteiger partial charge is 0.490 e. The molecule has 1 heterocycles. The minimum Gasteiger partial charge on any atom is -0.423 e. The van der Waals surface area contributed by atoms with Crippen LogP contribution in [0.3, 0.4) is 0 Å². The van der Waals surface area contributed by atoms with Crippen LogP contribution in [0.4, 0.5) is 0 Å². The summed E-state index contributed by atoms with van der Waals surface area (Å²) >= 11 is 6.02. The van der Waals surface area contributed by atoms with Crippen LogP contribution < -0.4 is 5.46 Å². The molecule has 0 aliphatic rings. The molecule has 0 radical (unpaired) electrons. The van der Waals surface area contributed by atoms with Crippen LogP contribution in [0.2, 0.25) is 5.02 Å². The predicted octanol–water partition coefficient (Wildman–Crippen LogP) is 1.08. The number of hydrogen-bond acceptors (Lipinski definition) is 3. The van der Waals surface area contributed by atoms with Crippen LogP contribution >= 0.6 is 11.6 Å². The standard InChI is InChI=1S/C11H9BClNO2/c13-10-6-9(12(15)16)7-14-11(10)8-4-2-1-3-5-8/h1-7,15-16H. The highest BCUT2D eigenvalue weighted by Gasteiger charge is 2.14. The Kier molecular flexibility index (Phi) is 3.24. The molecule has 1 aromatic carbocycles. The van der Waals surface area contributed by atoms with Crippen molar-refractivity contribution in [2.24, 2.45) is 0 Å². The molecule has 3 nitrogen and oxygen atoms in total. The third-order valence-electron chi connectivity index (χ3n) is 2.21. The molecular weight excluding hydrogens is 224 g/mol. The van der Waals surface area contributed by atoms with E-state index in [0.29, 0.717) is 10.7 Å². The van der Waals surface area contributed by atoms with E-state index >= 15 is 0 Å². The van der Waals surface area contributed by atoms with Crippen LogP contribution in [0.15, 0.2) is 42.6 Å². The lowest BCUT2D eigenvalue weighted by atomic mass is 9.81. The van der Waals surface area contributed by atoms with Crippen LogP contribution in [0.5, 0.6) is 0 Å². The highest BCUT2D eigenvalue weighted by Crippen LogP contribution is 2.23. The lowest BCUT2D eigenvalue weighted by Crippen LogP contribution is -2.30. The number of nitrogens with zero attached hydrogens (tertiary/aromatic N) is 1. The van der Waals surface area contributed by atoms with E-state index in [-0.39, 0.29) is 5.46 Å². The monoisotopic (exact) mass is 233 g/mol. The average Bonchev–Trinajstić information content (AvgIpc) is 2.30. The number of halogens is 1. The van der Waals surface area contributed by atoms with Gasteiger partial charge in [-0.3, -0.25) is 4.98 Å². The van der Waals surface area contributed by atoms with Crippen molar-refractivity contribution >= 4 is 24.2 Å². The van der Waals surface area contributed by atoms with Gasteiger partial charge in [-0.25, -0.2) is 0 Å². The second-order valence-corrected chi connectivity index (χ2v) is 3.75. The minimum absolute atomic E-state index is 0.282. The molecule has 0 aliphatic carbocycles. The van der Waals surface area contributed by atoms with Crippen LogP contribution in [-0.4, -0.2) is 22.2 Å². The third kappa shape index (κ3) is 2.24. The lowest BCUT2D eigenvalue weighted by molar-refractivity contribution is 0.425. The van der Waals surface area contributed by atoms with Gasteiger partial charge in [-0.05, 0) is 6.07 Å². The van der Waals surface area contributed by atoms with Crippen molar-refractivity contribution in [1.82, 2.24) is 4.98 Å². The molecule has 0 fully saturated rings. The first-order chi connectivity index (χ1) is 7.68. The number of hydrogen-bond donors (Lipinski definition) is 2. The Balaban J connectivity index is 2.45. The van der Waals surface area contributed by atoms with Crippen LogP contribution in [0.25, 0.3) is 11.3 Å². The van der Waals surface area contributed by atoms with Crippen molar-refractivity contribution in [2.45, 2.75) is 0 Å². The molecule has 80 valence electrons. The first-order valence-corrected chi connectivity index (χ1v) is 5.13. The molecule has 0 amide bonds. The van der Waals surface area contributed by atoms with Gasteiger partial charge >= 0.3 is 7.12 Å². The summed E-state index contributed by atoms with van der Waals surface area (Å²) in [5.74, 6) is 0. The lowest BCUT2D eigenvalue weighted by Gasteiger charge is -2.05. The molecule has 16 heavy (non-hydrogen) atoms. The smallest absolute Gasteiger partial charge is 0.423 e. The van der Waals surface area contributed by atoms with Crippen molar-refractivity contribution in [2.75, 3.05) is 0 Å². The minimum atomic E-state index is -1.55. The molecule has 1 aromatic heterocycles. The van der Waals surface area contributed by atoms with Crippen molar-refractivity contribution in [3.8, 4) is 11.3 Å². The number of rotatable bonds is 2. The first-order valence-electron chi connectivity index (χ1n) is 4.75. The summed E-state index contributed by atoms with van der Waals surface area (Å²) in [6.07, 6.45) is 1.40. The van der Waals surface area contributed by atoms with Crippen LogP contribution in [-0.2, 0) is 0 Å². The molecule has 2 rings (SSSR count). The summed E-state index contributed by atoms with van der Waals surface area (Å²) in [5.41, 5.74) is 1.81. The van der Waals surface area contributed by atoms with E-state index < -0.39 is 7.12 Å². The zero-order valence-electron chi connectivity index (χ0n) is 8.34. The summed E-state index contributed by atoms with van der Waals surface area (Å²) in [5, 5.41) is 18.3. The summed E-state index contributed by atoms with van der Waals surface area (Å²) in [6.45, 7) is 0. The van der Waals surface area contributed by atoms with Gasteiger partial charge in [-0.2, -0.15) is 0 Å². The Morgan fingerprint density at radius 3 is 2.38 bits per heavy atom. The number of pyridine rings is 1. The van der Waals surface area contributed by atoms with Gasteiger partial charge in [-0.1, -0.05) is 41.9 Å². The van der Waals surface area contributed by atoms with Gasteiger partial charge in [0.1, 0.15) is 0 Å². The van der Waals surface area contributed by atoms with Gasteiger partial charge in [0.25, 0.3) is 0 Å². The second-order valence-electron chi connectivity index (χ2n) is 3.34. The average molecular weight is 233 g/mol. The Morgan fingerprint density at radius 2 is 1.81 bits per heavy atom. The molecule has 0 unspecified atom stereocenters. The predicted molar refractivity (Wildman–Crippen MR) is 64.5 cm³/mol. The topological polar surface area (TPSA) is 53.4 Å². The maximum atomic E-state index is 8.97. The maximum Gasteiger partial charge on any atom is 0.490 e. The fourth-order valence-corrected chi connectivity index (χ4v) is 1.69. The van der Waals surface area contributed by atoms with Gasteiger partial charge in [0.15, 0.2) is 0 Å². The maximum absolute atomic E-state index is 8.97. The van der Waals surface area contributed by atoms with Crippen LogP contribution in [0.1, 0.15) is 0 Å². The van der Waals surface area contributed by atoms with E-state index in [1.807, 2.05) is 30.3 Å². The number of benzene rings is 1. The first kappa shape index (κ1) is 11.1. The van der Waals surface area contributed by atoms with Gasteiger partial charge < -0.3 is 10.0 Å². The van der Waals surface area contributed by atoms with E-state index in [0.717, 1.165) is 5.56 Å². The molecule has 0 saturated heterocycles. The normalized spacial score (nSPS) is 10.2. The molecule has 2 N–H and O–H groups in total. The van der Waals surface area contributed by atoms with E-state index in [4.69, 9.17) is 21.6 Å². The zero-order chi connectivity index (χ0) is 11.5. The van der Waals surface area contributed by atoms with Gasteiger partial charge in [0, 0.05) is 17.2 Å². The van der Waals surface area contributed by atoms with Gasteiger partial charge in [0.2, 0.25) is 0 Å². The van der Waals surface area contributed by atoms with Crippen molar-refractivity contribution in [3.63, 3.8) is 0 Å². The number of aromatic nitrogens is 1. The molecule has 0 atom stereocenters. The van der Waals surface area contributed by atoms with Crippen LogP contribution in [0, 0.1) is 0 Å². The molecule has 5 heteroatoms. The van der Waals surface area contributed by atoms with E-state index in [1.54, 1.807) is 0 Å². The van der Waals surface area contributed by atoms with Gasteiger partial charge in [0.05, 0.1) is 10.7 Å². The Labute approximate surface area is 98.5 Å². The molecule has 0 spiro atoms. The summed E-state index contributed by atoms with van der Waals surface area (Å²) < 4.78 is 0. The summed E-state index contributed by atoms with van der Waals surface area (Å²) in [4.78, 5) is 4.12. The van der Waals surface area contributed by atoms with Crippen molar-refractivity contribution in [1.29, 1.82) is 0 Å². The summed E-state index contributed by atoms with van der Waals surface area (Å²) in [7, 11) is -1.55. The van der Waals surface area contributed by atoms with Crippen molar-refractivity contribution in [3.05, 3.63) is 47.6 Å². The highest BCUT2D eigenvalue weighted by atomic mass is 35.5. The van der Waals surface area contributed by atoms with Gasteiger partial charge in [-0.15, -0.1) is 0 Å². The fourth-order valence-electron chi connectivity index (χ4n) is 1.40. The summed E-state index contributed by atoms with van der Waals surface area (Å²) in [6, 6.07) is 11.0. The Morgan fingerprint density at radius 1 is 1.12 bits per heavy atom. The SMILES string of the molecule is OB(O)c1cnc(-c2ccccc2)c(Cl)c1. The Bertz CT molecular complexity index is 491. The third-order valence-corrected chi connectivity index (χ3v) is 2.50. The quantitative estimate of drug-likeness (QED) is 0.763. The molecule has 2 aromatic rings. The van der Waals surface area contributed by atoms with E-state index in [1.165, 1.54) is 12.3 Å². The fraction of sp³-hybridized carbons (Fsp3) is 0.